The molecule has 0 atom stereocenters. The standard InChI is InChI=1S/C32H26N4O6S/c37-32(22-35(27-11-7-12-28(20-27)36(38)39)43(40,41)30-13-2-1-3-14-30)34-33-21-24-16-18-29(19-17-24)42-23-26-10-6-9-25-8-4-5-15-31(25)26/h1-21H,22-23H2,(H,34,37)/b33-21+. The number of nitro benzene ring substituents is 1. The lowest BCUT2D eigenvalue weighted by Crippen LogP contribution is -2.39. The summed E-state index contributed by atoms with van der Waals surface area (Å²) in [5.74, 6) is -0.0786. The number of ether oxygens (including phenoxy) is 1. The molecular formula is C32H26N4O6S. The van der Waals surface area contributed by atoms with Gasteiger partial charge in [-0.15, -0.1) is 0 Å². The summed E-state index contributed by atoms with van der Waals surface area (Å²) in [6.45, 7) is -0.255. The molecule has 1 amide bonds. The maximum absolute atomic E-state index is 13.4. The predicted molar refractivity (Wildman–Crippen MR) is 165 cm³/mol. The average Bonchev–Trinajstić information content (AvgIpc) is 3.03. The number of benzene rings is 5. The summed E-state index contributed by atoms with van der Waals surface area (Å²) >= 11 is 0. The molecule has 5 aromatic rings. The van der Waals surface area contributed by atoms with Crippen molar-refractivity contribution in [2.75, 3.05) is 10.8 Å². The van der Waals surface area contributed by atoms with Gasteiger partial charge in [0.2, 0.25) is 0 Å². The number of fused-ring (bicyclic) bond motifs is 1. The highest BCUT2D eigenvalue weighted by atomic mass is 32.2. The highest BCUT2D eigenvalue weighted by Gasteiger charge is 2.28. The zero-order valence-electron chi connectivity index (χ0n) is 22.7. The lowest BCUT2D eigenvalue weighted by atomic mass is 10.1. The number of hydrogen-bond acceptors (Lipinski definition) is 7. The third-order valence-electron chi connectivity index (χ3n) is 6.50. The van der Waals surface area contributed by atoms with E-state index in [1.807, 2.05) is 24.3 Å². The molecule has 0 aliphatic rings. The maximum atomic E-state index is 13.4. The summed E-state index contributed by atoms with van der Waals surface area (Å²) in [7, 11) is -4.23. The van der Waals surface area contributed by atoms with Gasteiger partial charge < -0.3 is 4.74 Å². The van der Waals surface area contributed by atoms with Crippen LogP contribution < -0.4 is 14.5 Å². The number of anilines is 1. The van der Waals surface area contributed by atoms with Crippen molar-refractivity contribution in [3.05, 3.63) is 143 Å². The van der Waals surface area contributed by atoms with Gasteiger partial charge in [0, 0.05) is 12.1 Å². The van der Waals surface area contributed by atoms with Gasteiger partial charge in [-0.3, -0.25) is 19.2 Å². The average molecular weight is 595 g/mol. The van der Waals surface area contributed by atoms with Gasteiger partial charge in [-0.2, -0.15) is 5.10 Å². The van der Waals surface area contributed by atoms with Crippen LogP contribution >= 0.6 is 0 Å². The SMILES string of the molecule is O=C(CN(c1cccc([N+](=O)[O-])c1)S(=O)(=O)c1ccccc1)N/N=C/c1ccc(OCc2cccc3ccccc23)cc1. The zero-order chi connectivity index (χ0) is 30.2. The number of sulfonamides is 1. The molecule has 5 rings (SSSR count). The number of rotatable bonds is 11. The van der Waals surface area contributed by atoms with E-state index < -0.39 is 27.4 Å². The molecule has 0 heterocycles. The van der Waals surface area contributed by atoms with E-state index in [1.54, 1.807) is 42.5 Å². The Kier molecular flexibility index (Phi) is 8.73. The fourth-order valence-corrected chi connectivity index (χ4v) is 5.80. The second kappa shape index (κ2) is 13.0. The van der Waals surface area contributed by atoms with Crippen LogP contribution in [-0.4, -0.2) is 32.0 Å². The normalized spacial score (nSPS) is 11.3. The minimum atomic E-state index is -4.23. The Balaban J connectivity index is 1.24. The molecule has 5 aromatic carbocycles. The Morgan fingerprint density at radius 1 is 0.884 bits per heavy atom. The molecule has 11 heteroatoms. The van der Waals surface area contributed by atoms with E-state index in [9.17, 15) is 23.3 Å². The molecule has 43 heavy (non-hydrogen) atoms. The Hall–Kier alpha value is -5.55. The molecule has 0 aliphatic carbocycles. The summed E-state index contributed by atoms with van der Waals surface area (Å²) in [6, 6.07) is 33.9. The first-order chi connectivity index (χ1) is 20.8. The first-order valence-corrected chi connectivity index (χ1v) is 14.6. The molecule has 216 valence electrons. The smallest absolute Gasteiger partial charge is 0.271 e. The van der Waals surface area contributed by atoms with E-state index in [2.05, 4.69) is 28.7 Å². The van der Waals surface area contributed by atoms with Gasteiger partial charge in [0.05, 0.1) is 21.7 Å². The molecule has 1 N–H and O–H groups in total. The first kappa shape index (κ1) is 29.0. The van der Waals surface area contributed by atoms with Crippen LogP contribution in [0.2, 0.25) is 0 Å². The van der Waals surface area contributed by atoms with Crippen molar-refractivity contribution in [1.29, 1.82) is 0 Å². The molecule has 0 radical (unpaired) electrons. The van der Waals surface area contributed by atoms with Gasteiger partial charge in [0.15, 0.2) is 0 Å². The predicted octanol–water partition coefficient (Wildman–Crippen LogP) is 5.67. The van der Waals surface area contributed by atoms with E-state index in [4.69, 9.17) is 4.74 Å². The van der Waals surface area contributed by atoms with Crippen LogP contribution in [0.3, 0.4) is 0 Å². The monoisotopic (exact) mass is 594 g/mol. The number of non-ortho nitro benzene ring substituents is 1. The highest BCUT2D eigenvalue weighted by molar-refractivity contribution is 7.92. The Bertz CT molecular complexity index is 1890. The van der Waals surface area contributed by atoms with Gasteiger partial charge in [0.25, 0.3) is 21.6 Å². The van der Waals surface area contributed by atoms with Crippen molar-refractivity contribution in [2.45, 2.75) is 11.5 Å². The van der Waals surface area contributed by atoms with Crippen molar-refractivity contribution in [1.82, 2.24) is 5.43 Å². The van der Waals surface area contributed by atoms with Gasteiger partial charge in [-0.05, 0) is 64.4 Å². The Morgan fingerprint density at radius 2 is 1.58 bits per heavy atom. The first-order valence-electron chi connectivity index (χ1n) is 13.1. The van der Waals surface area contributed by atoms with Crippen LogP contribution in [0, 0.1) is 10.1 Å². The number of carbonyl (C=O) groups excluding carboxylic acids is 1. The fourth-order valence-electron chi connectivity index (χ4n) is 4.37. The van der Waals surface area contributed by atoms with Crippen LogP contribution in [0.4, 0.5) is 11.4 Å². The van der Waals surface area contributed by atoms with E-state index >= 15 is 0 Å². The van der Waals surface area contributed by atoms with Gasteiger partial charge in [-0.1, -0.05) is 66.7 Å². The summed E-state index contributed by atoms with van der Waals surface area (Å²) in [6.07, 6.45) is 1.41. The van der Waals surface area contributed by atoms with Crippen LogP contribution in [0.25, 0.3) is 10.8 Å². The molecule has 0 saturated heterocycles. The van der Waals surface area contributed by atoms with Crippen LogP contribution in [0.15, 0.2) is 131 Å². The van der Waals surface area contributed by atoms with E-state index in [0.717, 1.165) is 26.7 Å². The van der Waals surface area contributed by atoms with Gasteiger partial charge >= 0.3 is 0 Å². The van der Waals surface area contributed by atoms with E-state index in [0.29, 0.717) is 17.9 Å². The van der Waals surface area contributed by atoms with Gasteiger partial charge in [0.1, 0.15) is 18.9 Å². The Morgan fingerprint density at radius 3 is 2.35 bits per heavy atom. The molecule has 0 saturated carbocycles. The molecule has 0 unspecified atom stereocenters. The number of hydrogen-bond donors (Lipinski definition) is 1. The molecule has 0 spiro atoms. The third-order valence-corrected chi connectivity index (χ3v) is 8.29. The van der Waals surface area contributed by atoms with Crippen molar-refractivity contribution in [3.8, 4) is 5.75 Å². The van der Waals surface area contributed by atoms with Crippen LogP contribution in [0.5, 0.6) is 5.75 Å². The lowest BCUT2D eigenvalue weighted by molar-refractivity contribution is -0.384. The molecule has 0 aromatic heterocycles. The maximum Gasteiger partial charge on any atom is 0.271 e. The number of nitro groups is 1. The fraction of sp³-hybridized carbons (Fsp3) is 0.0625. The number of nitrogens with one attached hydrogen (secondary N) is 1. The molecule has 0 aliphatic heterocycles. The highest BCUT2D eigenvalue weighted by Crippen LogP contribution is 2.27. The topological polar surface area (TPSA) is 131 Å². The molecule has 10 nitrogen and oxygen atoms in total. The molecule has 0 bridgehead atoms. The number of nitrogens with zero attached hydrogens (tertiary/aromatic N) is 3. The van der Waals surface area contributed by atoms with E-state index in [1.165, 1.54) is 36.5 Å². The van der Waals surface area contributed by atoms with Crippen molar-refractivity contribution in [3.63, 3.8) is 0 Å². The van der Waals surface area contributed by atoms with Crippen molar-refractivity contribution >= 4 is 44.3 Å². The van der Waals surface area contributed by atoms with Crippen molar-refractivity contribution in [2.24, 2.45) is 5.10 Å². The Labute approximate surface area is 248 Å². The quantitative estimate of drug-likeness (QED) is 0.119. The minimum absolute atomic E-state index is 0.0312. The number of carbonyl (C=O) groups is 1. The largest absolute Gasteiger partial charge is 0.489 e. The molecule has 0 fully saturated rings. The van der Waals surface area contributed by atoms with Crippen molar-refractivity contribution < 1.29 is 22.9 Å². The molecular weight excluding hydrogens is 568 g/mol. The van der Waals surface area contributed by atoms with Crippen LogP contribution in [-0.2, 0) is 21.4 Å². The summed E-state index contributed by atoms with van der Waals surface area (Å²) in [5, 5.41) is 17.5. The lowest BCUT2D eigenvalue weighted by Gasteiger charge is -2.23. The second-order valence-corrected chi connectivity index (χ2v) is 11.3. The summed E-state index contributed by atoms with van der Waals surface area (Å²) in [4.78, 5) is 23.4. The van der Waals surface area contributed by atoms with Gasteiger partial charge in [-0.25, -0.2) is 13.8 Å². The third kappa shape index (κ3) is 7.03. The summed E-state index contributed by atoms with van der Waals surface area (Å²) < 4.78 is 33.6. The zero-order valence-corrected chi connectivity index (χ0v) is 23.6. The minimum Gasteiger partial charge on any atom is -0.489 e. The number of amides is 1. The number of hydrazone groups is 1. The van der Waals surface area contributed by atoms with E-state index in [-0.39, 0.29) is 16.3 Å². The second-order valence-electron chi connectivity index (χ2n) is 9.39. The summed E-state index contributed by atoms with van der Waals surface area (Å²) in [5.41, 5.74) is 3.73. The van der Waals surface area contributed by atoms with Crippen LogP contribution in [0.1, 0.15) is 11.1 Å².